The quantitative estimate of drug-likeness (QED) is 0.237. The van der Waals surface area contributed by atoms with Gasteiger partial charge in [-0.1, -0.05) is 72.3 Å². The number of fused-ring (bicyclic) bond motifs is 3. The molecular weight excluding hydrogens is 376 g/mol. The summed E-state index contributed by atoms with van der Waals surface area (Å²) >= 11 is 0. The molecule has 4 rings (SSSR count). The van der Waals surface area contributed by atoms with E-state index in [2.05, 4.69) is 10.5 Å². The largest absolute Gasteiger partial charge is 0.464 e. The van der Waals surface area contributed by atoms with Gasteiger partial charge in [0.05, 0.1) is 12.8 Å². The van der Waals surface area contributed by atoms with Crippen LogP contribution in [0.5, 0.6) is 0 Å². The van der Waals surface area contributed by atoms with Gasteiger partial charge in [0.2, 0.25) is 0 Å². The molecule has 0 amide bonds. The fraction of sp³-hybridized carbons (Fsp3) is 0.0800. The highest BCUT2D eigenvalue weighted by molar-refractivity contribution is 6.24. The number of hydrogen-bond acceptors (Lipinski definition) is 5. The first kappa shape index (κ1) is 19.3. The smallest absolute Gasteiger partial charge is 0.356 e. The lowest BCUT2D eigenvalue weighted by Crippen LogP contribution is -2.20. The maximum absolute atomic E-state index is 12.6. The molecule has 3 aromatic rings. The Kier molecular flexibility index (Phi) is 5.26. The molecule has 0 aliphatic heterocycles. The highest BCUT2D eigenvalue weighted by Crippen LogP contribution is 2.36. The van der Waals surface area contributed by atoms with Crippen molar-refractivity contribution in [2.75, 3.05) is 7.11 Å². The molecule has 30 heavy (non-hydrogen) atoms. The molecule has 0 bridgehead atoms. The number of allylic oxidation sites excluding steroid dienone is 1. The molecule has 0 saturated heterocycles. The summed E-state index contributed by atoms with van der Waals surface area (Å²) in [5.74, 6) is -0.973. The molecule has 0 spiro atoms. The minimum Gasteiger partial charge on any atom is -0.464 e. The Balaban J connectivity index is 1.71. The second-order valence-corrected chi connectivity index (χ2v) is 6.95. The topological polar surface area (TPSA) is 67.8 Å². The van der Waals surface area contributed by atoms with Crippen molar-refractivity contribution in [3.05, 3.63) is 107 Å². The van der Waals surface area contributed by atoms with Gasteiger partial charge in [0.1, 0.15) is 5.70 Å². The minimum atomic E-state index is -0.667. The second kappa shape index (κ2) is 8.17. The van der Waals surface area contributed by atoms with Gasteiger partial charge in [-0.05, 0) is 24.1 Å². The van der Waals surface area contributed by atoms with E-state index >= 15 is 0 Å². The molecular formula is C25H20N2O3. The van der Waals surface area contributed by atoms with Gasteiger partial charge in [0.15, 0.2) is 5.78 Å². The van der Waals surface area contributed by atoms with Gasteiger partial charge in [-0.25, -0.2) is 4.79 Å². The van der Waals surface area contributed by atoms with Crippen molar-refractivity contribution >= 4 is 17.5 Å². The van der Waals surface area contributed by atoms with E-state index in [-0.39, 0.29) is 11.5 Å². The molecule has 0 aromatic heterocycles. The maximum Gasteiger partial charge on any atom is 0.356 e. The zero-order valence-electron chi connectivity index (χ0n) is 16.7. The molecule has 0 fully saturated rings. The van der Waals surface area contributed by atoms with Crippen LogP contribution in [0.4, 0.5) is 0 Å². The Morgan fingerprint density at radius 1 is 0.867 bits per heavy atom. The number of methoxy groups -OCH3 is 1. The lowest BCUT2D eigenvalue weighted by molar-refractivity contribution is -0.136. The number of esters is 1. The molecule has 0 unspecified atom stereocenters. The van der Waals surface area contributed by atoms with Crippen LogP contribution in [0, 0.1) is 6.92 Å². The number of hydrogen-bond donors (Lipinski definition) is 1. The Bertz CT molecular complexity index is 1160. The summed E-state index contributed by atoms with van der Waals surface area (Å²) in [6.07, 6.45) is 1.22. The normalized spacial score (nSPS) is 12.1. The second-order valence-electron chi connectivity index (χ2n) is 6.95. The van der Waals surface area contributed by atoms with E-state index in [9.17, 15) is 9.59 Å². The number of aryl methyl sites for hydroxylation is 1. The van der Waals surface area contributed by atoms with E-state index in [4.69, 9.17) is 4.74 Å². The third kappa shape index (κ3) is 3.65. The van der Waals surface area contributed by atoms with Crippen molar-refractivity contribution < 1.29 is 14.3 Å². The van der Waals surface area contributed by atoms with E-state index in [1.54, 1.807) is 18.2 Å². The fourth-order valence-corrected chi connectivity index (χ4v) is 3.49. The molecule has 0 radical (unpaired) electrons. The molecule has 0 heterocycles. The van der Waals surface area contributed by atoms with Gasteiger partial charge in [-0.3, -0.25) is 10.2 Å². The number of hydrazone groups is 1. The van der Waals surface area contributed by atoms with Crippen LogP contribution in [0.1, 0.15) is 27.0 Å². The molecule has 1 aliphatic rings. The van der Waals surface area contributed by atoms with Crippen LogP contribution in [0.3, 0.4) is 0 Å². The predicted octanol–water partition coefficient (Wildman–Crippen LogP) is 4.26. The standard InChI is InChI=1S/C25H20N2O3/c1-16-8-7-9-17(14-16)23(28)15-22(25(29)30-2)26-27-24-20-12-5-3-10-18(20)19-11-4-6-13-21(19)24/h3-15,26H,1-2H3/b22-15-. The lowest BCUT2D eigenvalue weighted by Gasteiger charge is -2.07. The Labute approximate surface area is 174 Å². The first-order chi connectivity index (χ1) is 14.6. The molecule has 5 heteroatoms. The summed E-state index contributed by atoms with van der Waals surface area (Å²) in [5.41, 5.74) is 8.96. The maximum atomic E-state index is 12.6. The Morgan fingerprint density at radius 3 is 2.03 bits per heavy atom. The van der Waals surface area contributed by atoms with Crippen LogP contribution >= 0.6 is 0 Å². The third-order valence-electron chi connectivity index (χ3n) is 4.93. The summed E-state index contributed by atoms with van der Waals surface area (Å²) in [6.45, 7) is 1.90. The number of carbonyl (C=O) groups is 2. The summed E-state index contributed by atoms with van der Waals surface area (Å²) < 4.78 is 4.84. The molecule has 0 saturated carbocycles. The van der Waals surface area contributed by atoms with Crippen LogP contribution in [-0.2, 0) is 9.53 Å². The molecule has 1 aliphatic carbocycles. The molecule has 0 atom stereocenters. The van der Waals surface area contributed by atoms with E-state index < -0.39 is 5.97 Å². The lowest BCUT2D eigenvalue weighted by atomic mass is 10.1. The van der Waals surface area contributed by atoms with Crippen molar-refractivity contribution in [3.8, 4) is 11.1 Å². The summed E-state index contributed by atoms with van der Waals surface area (Å²) in [5, 5.41) is 4.48. The third-order valence-corrected chi connectivity index (χ3v) is 4.93. The van der Waals surface area contributed by atoms with Crippen LogP contribution in [0.15, 0.2) is 89.7 Å². The number of nitrogens with zero attached hydrogens (tertiary/aromatic N) is 1. The van der Waals surface area contributed by atoms with Gasteiger partial charge in [-0.2, -0.15) is 5.10 Å². The number of benzene rings is 3. The van der Waals surface area contributed by atoms with Gasteiger partial charge in [-0.15, -0.1) is 0 Å². The van der Waals surface area contributed by atoms with Gasteiger partial charge in [0.25, 0.3) is 0 Å². The van der Waals surface area contributed by atoms with Gasteiger partial charge < -0.3 is 4.74 Å². The van der Waals surface area contributed by atoms with E-state index in [0.717, 1.165) is 27.8 Å². The Morgan fingerprint density at radius 2 is 1.47 bits per heavy atom. The predicted molar refractivity (Wildman–Crippen MR) is 116 cm³/mol. The van der Waals surface area contributed by atoms with Gasteiger partial charge >= 0.3 is 5.97 Å². The van der Waals surface area contributed by atoms with Crippen molar-refractivity contribution in [2.24, 2.45) is 5.10 Å². The van der Waals surface area contributed by atoms with Crippen molar-refractivity contribution in [3.63, 3.8) is 0 Å². The van der Waals surface area contributed by atoms with E-state index in [1.165, 1.54) is 13.2 Å². The van der Waals surface area contributed by atoms with E-state index in [0.29, 0.717) is 11.3 Å². The Hall–Kier alpha value is -3.99. The van der Waals surface area contributed by atoms with E-state index in [1.807, 2.05) is 61.5 Å². The van der Waals surface area contributed by atoms with Crippen LogP contribution in [0.25, 0.3) is 11.1 Å². The highest BCUT2D eigenvalue weighted by atomic mass is 16.5. The SMILES string of the molecule is COC(=O)/C(=C/C(=O)c1cccc(C)c1)NN=C1c2ccccc2-c2ccccc21. The first-order valence-corrected chi connectivity index (χ1v) is 9.52. The average molecular weight is 396 g/mol. The zero-order valence-corrected chi connectivity index (χ0v) is 16.7. The number of ether oxygens (including phenoxy) is 1. The van der Waals surface area contributed by atoms with Crippen molar-refractivity contribution in [1.29, 1.82) is 0 Å². The van der Waals surface area contributed by atoms with Crippen molar-refractivity contribution in [1.82, 2.24) is 5.43 Å². The first-order valence-electron chi connectivity index (χ1n) is 9.52. The van der Waals surface area contributed by atoms with Crippen LogP contribution in [-0.4, -0.2) is 24.6 Å². The zero-order chi connectivity index (χ0) is 21.1. The molecule has 5 nitrogen and oxygen atoms in total. The molecule has 148 valence electrons. The molecule has 1 N–H and O–H groups in total. The monoisotopic (exact) mass is 396 g/mol. The summed E-state index contributed by atoms with van der Waals surface area (Å²) in [7, 11) is 1.27. The van der Waals surface area contributed by atoms with Crippen molar-refractivity contribution in [2.45, 2.75) is 6.92 Å². The summed E-state index contributed by atoms with van der Waals surface area (Å²) in [4.78, 5) is 24.9. The summed E-state index contributed by atoms with van der Waals surface area (Å²) in [6, 6.07) is 23.1. The minimum absolute atomic E-state index is 0.0293. The number of nitrogens with one attached hydrogen (secondary N) is 1. The fourth-order valence-electron chi connectivity index (χ4n) is 3.49. The van der Waals surface area contributed by atoms with Crippen LogP contribution in [0.2, 0.25) is 0 Å². The van der Waals surface area contributed by atoms with Crippen LogP contribution < -0.4 is 5.43 Å². The highest BCUT2D eigenvalue weighted by Gasteiger charge is 2.24. The molecule has 3 aromatic carbocycles. The number of ketones is 1. The average Bonchev–Trinajstić information content (AvgIpc) is 3.10. The van der Waals surface area contributed by atoms with Gasteiger partial charge in [0, 0.05) is 22.8 Å². The number of carbonyl (C=O) groups excluding carboxylic acids is 2. The number of rotatable bonds is 5.